The molecule has 0 bridgehead atoms. The molecule has 0 aliphatic carbocycles. The van der Waals surface area contributed by atoms with E-state index < -0.39 is 6.29 Å². The molecule has 2 atom stereocenters. The number of rotatable bonds is 2. The molecular formula is C10H12FNO2. The van der Waals surface area contributed by atoms with Crippen LogP contribution in [0.25, 0.3) is 0 Å². The second-order valence-electron chi connectivity index (χ2n) is 3.21. The highest BCUT2D eigenvalue weighted by Crippen LogP contribution is 2.26. The molecule has 1 aromatic carbocycles. The molecular weight excluding hydrogens is 185 g/mol. The third kappa shape index (κ3) is 1.92. The van der Waals surface area contributed by atoms with E-state index in [4.69, 9.17) is 15.2 Å². The number of hydrogen-bond donors (Lipinski definition) is 1. The molecule has 0 radical (unpaired) electrons. The minimum absolute atomic E-state index is 0.0509. The Balaban J connectivity index is 2.06. The summed E-state index contributed by atoms with van der Waals surface area (Å²) in [6, 6.07) is 6.08. The van der Waals surface area contributed by atoms with Crippen molar-refractivity contribution in [3.05, 3.63) is 35.6 Å². The number of nitrogens with two attached hydrogens (primary N) is 1. The maximum atomic E-state index is 12.6. The molecule has 1 aliphatic heterocycles. The Bertz CT molecular complexity index is 301. The molecule has 0 aromatic heterocycles. The first-order chi connectivity index (χ1) is 6.79. The first kappa shape index (κ1) is 9.58. The van der Waals surface area contributed by atoms with Crippen LogP contribution in [-0.2, 0) is 9.47 Å². The van der Waals surface area contributed by atoms with Gasteiger partial charge in [-0.25, -0.2) is 4.39 Å². The molecule has 0 saturated carbocycles. The lowest BCUT2D eigenvalue weighted by Gasteiger charge is -2.10. The standard InChI is InChI=1S/C10H12FNO2/c11-8-3-1-7(2-4-8)10-13-6-9(5-12)14-10/h1-4,9-10H,5-6,12H2. The quantitative estimate of drug-likeness (QED) is 0.774. The van der Waals surface area contributed by atoms with E-state index in [9.17, 15) is 4.39 Å². The average Bonchev–Trinajstić information content (AvgIpc) is 2.67. The van der Waals surface area contributed by atoms with E-state index >= 15 is 0 Å². The largest absolute Gasteiger partial charge is 0.346 e. The fourth-order valence-electron chi connectivity index (χ4n) is 1.37. The van der Waals surface area contributed by atoms with E-state index in [1.54, 1.807) is 12.1 Å². The van der Waals surface area contributed by atoms with E-state index in [2.05, 4.69) is 0 Å². The Hall–Kier alpha value is -0.970. The highest BCUT2D eigenvalue weighted by atomic mass is 19.1. The lowest BCUT2D eigenvalue weighted by atomic mass is 10.2. The van der Waals surface area contributed by atoms with E-state index in [1.165, 1.54) is 12.1 Å². The van der Waals surface area contributed by atoms with Crippen LogP contribution < -0.4 is 5.73 Å². The monoisotopic (exact) mass is 197 g/mol. The van der Waals surface area contributed by atoms with Crippen LogP contribution in [0, 0.1) is 5.82 Å². The Morgan fingerprint density at radius 2 is 2.07 bits per heavy atom. The zero-order valence-corrected chi connectivity index (χ0v) is 7.65. The first-order valence-electron chi connectivity index (χ1n) is 4.52. The summed E-state index contributed by atoms with van der Waals surface area (Å²) in [6.07, 6.45) is -0.450. The number of benzene rings is 1. The van der Waals surface area contributed by atoms with Gasteiger partial charge in [0.25, 0.3) is 0 Å². The van der Waals surface area contributed by atoms with Gasteiger partial charge >= 0.3 is 0 Å². The molecule has 2 unspecified atom stereocenters. The van der Waals surface area contributed by atoms with Crippen LogP contribution in [0.5, 0.6) is 0 Å². The van der Waals surface area contributed by atoms with Gasteiger partial charge in [0.15, 0.2) is 6.29 Å². The molecule has 3 nitrogen and oxygen atoms in total. The molecule has 0 spiro atoms. The van der Waals surface area contributed by atoms with Crippen molar-refractivity contribution in [1.29, 1.82) is 0 Å². The summed E-state index contributed by atoms with van der Waals surface area (Å²) in [5.74, 6) is -0.262. The van der Waals surface area contributed by atoms with Gasteiger partial charge in [0, 0.05) is 12.1 Å². The fourth-order valence-corrected chi connectivity index (χ4v) is 1.37. The van der Waals surface area contributed by atoms with Crippen molar-refractivity contribution >= 4 is 0 Å². The van der Waals surface area contributed by atoms with Crippen LogP contribution in [0.15, 0.2) is 24.3 Å². The number of ether oxygens (including phenoxy) is 2. The minimum atomic E-state index is -0.399. The minimum Gasteiger partial charge on any atom is -0.346 e. The summed E-state index contributed by atoms with van der Waals surface area (Å²) in [7, 11) is 0. The molecule has 14 heavy (non-hydrogen) atoms. The predicted octanol–water partition coefficient (Wildman–Crippen LogP) is 1.20. The third-order valence-corrected chi connectivity index (χ3v) is 2.15. The second kappa shape index (κ2) is 4.04. The Morgan fingerprint density at radius 3 is 2.64 bits per heavy atom. The summed E-state index contributed by atoms with van der Waals surface area (Å²) >= 11 is 0. The smallest absolute Gasteiger partial charge is 0.184 e. The van der Waals surface area contributed by atoms with Crippen molar-refractivity contribution in [2.75, 3.05) is 13.2 Å². The maximum Gasteiger partial charge on any atom is 0.184 e. The number of hydrogen-bond acceptors (Lipinski definition) is 3. The molecule has 1 aliphatic rings. The third-order valence-electron chi connectivity index (χ3n) is 2.15. The van der Waals surface area contributed by atoms with Gasteiger partial charge in [-0.1, -0.05) is 12.1 Å². The molecule has 1 aromatic rings. The zero-order valence-electron chi connectivity index (χ0n) is 7.65. The van der Waals surface area contributed by atoms with Gasteiger partial charge in [-0.05, 0) is 12.1 Å². The molecule has 0 amide bonds. The SMILES string of the molecule is NCC1COC(c2ccc(F)cc2)O1. The molecule has 2 N–H and O–H groups in total. The van der Waals surface area contributed by atoms with Crippen LogP contribution in [0.1, 0.15) is 11.9 Å². The zero-order chi connectivity index (χ0) is 9.97. The topological polar surface area (TPSA) is 44.5 Å². The highest BCUT2D eigenvalue weighted by Gasteiger charge is 2.25. The van der Waals surface area contributed by atoms with E-state index in [-0.39, 0.29) is 11.9 Å². The number of halogens is 1. The molecule has 4 heteroatoms. The van der Waals surface area contributed by atoms with Crippen molar-refractivity contribution in [3.63, 3.8) is 0 Å². The van der Waals surface area contributed by atoms with Crippen LogP contribution in [0.4, 0.5) is 4.39 Å². The first-order valence-corrected chi connectivity index (χ1v) is 4.52. The van der Waals surface area contributed by atoms with Crippen LogP contribution in [0.2, 0.25) is 0 Å². The van der Waals surface area contributed by atoms with E-state index in [0.29, 0.717) is 13.2 Å². The molecule has 1 fully saturated rings. The molecule has 1 saturated heterocycles. The van der Waals surface area contributed by atoms with Crippen molar-refractivity contribution in [2.45, 2.75) is 12.4 Å². The van der Waals surface area contributed by atoms with Gasteiger partial charge in [-0.3, -0.25) is 0 Å². The van der Waals surface area contributed by atoms with Crippen molar-refractivity contribution in [1.82, 2.24) is 0 Å². The molecule has 76 valence electrons. The average molecular weight is 197 g/mol. The van der Waals surface area contributed by atoms with Crippen molar-refractivity contribution < 1.29 is 13.9 Å². The van der Waals surface area contributed by atoms with Gasteiger partial charge in [0.05, 0.1) is 12.7 Å². The predicted molar refractivity (Wildman–Crippen MR) is 49.0 cm³/mol. The lowest BCUT2D eigenvalue weighted by molar-refractivity contribution is -0.0585. The Kier molecular flexibility index (Phi) is 2.77. The summed E-state index contributed by atoms with van der Waals surface area (Å²) in [4.78, 5) is 0. The van der Waals surface area contributed by atoms with E-state index in [0.717, 1.165) is 5.56 Å². The van der Waals surface area contributed by atoms with Crippen molar-refractivity contribution in [3.8, 4) is 0 Å². The molecule has 1 heterocycles. The van der Waals surface area contributed by atoms with Crippen LogP contribution in [0.3, 0.4) is 0 Å². The van der Waals surface area contributed by atoms with Crippen LogP contribution >= 0.6 is 0 Å². The van der Waals surface area contributed by atoms with Gasteiger partial charge in [0.2, 0.25) is 0 Å². The Morgan fingerprint density at radius 1 is 1.36 bits per heavy atom. The van der Waals surface area contributed by atoms with Gasteiger partial charge in [-0.2, -0.15) is 0 Å². The summed E-state index contributed by atoms with van der Waals surface area (Å²) < 4.78 is 23.4. The Labute approximate surface area is 81.6 Å². The summed E-state index contributed by atoms with van der Waals surface area (Å²) in [6.45, 7) is 0.941. The second-order valence-corrected chi connectivity index (χ2v) is 3.21. The lowest BCUT2D eigenvalue weighted by Crippen LogP contribution is -2.21. The normalized spacial score (nSPS) is 26.7. The summed E-state index contributed by atoms with van der Waals surface area (Å²) in [5.41, 5.74) is 6.25. The van der Waals surface area contributed by atoms with Crippen LogP contribution in [-0.4, -0.2) is 19.3 Å². The van der Waals surface area contributed by atoms with Gasteiger partial charge in [0.1, 0.15) is 5.82 Å². The maximum absolute atomic E-state index is 12.6. The highest BCUT2D eigenvalue weighted by molar-refractivity contribution is 5.17. The van der Waals surface area contributed by atoms with Gasteiger partial charge < -0.3 is 15.2 Å². The summed E-state index contributed by atoms with van der Waals surface area (Å²) in [5, 5.41) is 0. The van der Waals surface area contributed by atoms with E-state index in [1.807, 2.05) is 0 Å². The molecule has 2 rings (SSSR count). The van der Waals surface area contributed by atoms with Crippen molar-refractivity contribution in [2.24, 2.45) is 5.73 Å². The fraction of sp³-hybridized carbons (Fsp3) is 0.400. The van der Waals surface area contributed by atoms with Gasteiger partial charge in [-0.15, -0.1) is 0 Å².